The summed E-state index contributed by atoms with van der Waals surface area (Å²) < 4.78 is 0. The van der Waals surface area contributed by atoms with E-state index in [1.807, 2.05) is 13.8 Å². The lowest BCUT2D eigenvalue weighted by Crippen LogP contribution is -2.35. The summed E-state index contributed by atoms with van der Waals surface area (Å²) in [4.78, 5) is 2.72. The Bertz CT molecular complexity index is 226. The molecule has 2 saturated heterocycles. The Morgan fingerprint density at radius 2 is 1.57 bits per heavy atom. The Morgan fingerprint density at radius 1 is 0.952 bits per heavy atom. The van der Waals surface area contributed by atoms with Crippen molar-refractivity contribution in [2.45, 2.75) is 72.6 Å². The quantitative estimate of drug-likeness (QED) is 0.773. The second kappa shape index (κ2) is 11.5. The molecule has 0 spiro atoms. The SMILES string of the molecule is CC.CC(C)CC1CCN(CCCC2CCNCC2)CC1. The fourth-order valence-corrected chi connectivity index (χ4v) is 3.89. The molecule has 2 aliphatic rings. The van der Waals surface area contributed by atoms with Gasteiger partial charge in [0.2, 0.25) is 0 Å². The zero-order valence-electron chi connectivity index (χ0n) is 15.2. The zero-order valence-corrected chi connectivity index (χ0v) is 15.2. The van der Waals surface area contributed by atoms with Crippen molar-refractivity contribution in [1.82, 2.24) is 10.2 Å². The van der Waals surface area contributed by atoms with Crippen LogP contribution in [0.1, 0.15) is 72.6 Å². The van der Waals surface area contributed by atoms with Gasteiger partial charge in [-0.25, -0.2) is 0 Å². The van der Waals surface area contributed by atoms with Gasteiger partial charge in [-0.05, 0) is 95.4 Å². The fraction of sp³-hybridized carbons (Fsp3) is 1.00. The van der Waals surface area contributed by atoms with Crippen molar-refractivity contribution < 1.29 is 0 Å². The highest BCUT2D eigenvalue weighted by atomic mass is 15.1. The average Bonchev–Trinajstić information content (AvgIpc) is 2.52. The molecule has 0 aromatic heterocycles. The summed E-state index contributed by atoms with van der Waals surface area (Å²) in [6, 6.07) is 0. The lowest BCUT2D eigenvalue weighted by molar-refractivity contribution is 0.164. The number of nitrogens with one attached hydrogen (secondary N) is 1. The third-order valence-corrected chi connectivity index (χ3v) is 5.06. The summed E-state index contributed by atoms with van der Waals surface area (Å²) >= 11 is 0. The van der Waals surface area contributed by atoms with Gasteiger partial charge in [0.15, 0.2) is 0 Å². The maximum Gasteiger partial charge on any atom is -0.00161 e. The molecule has 0 aromatic rings. The first-order valence-corrected chi connectivity index (χ1v) is 9.67. The van der Waals surface area contributed by atoms with Gasteiger partial charge in [-0.15, -0.1) is 0 Å². The number of hydrogen-bond acceptors (Lipinski definition) is 2. The highest BCUT2D eigenvalue weighted by Gasteiger charge is 2.20. The van der Waals surface area contributed by atoms with E-state index < -0.39 is 0 Å². The largest absolute Gasteiger partial charge is 0.317 e. The van der Waals surface area contributed by atoms with Crippen molar-refractivity contribution in [3.05, 3.63) is 0 Å². The predicted molar refractivity (Wildman–Crippen MR) is 94.8 cm³/mol. The van der Waals surface area contributed by atoms with Crippen LogP contribution in [0.25, 0.3) is 0 Å². The fourth-order valence-electron chi connectivity index (χ4n) is 3.89. The van der Waals surface area contributed by atoms with Crippen LogP contribution in [0.5, 0.6) is 0 Å². The molecule has 2 nitrogen and oxygen atoms in total. The van der Waals surface area contributed by atoms with E-state index in [4.69, 9.17) is 0 Å². The van der Waals surface area contributed by atoms with Crippen molar-refractivity contribution in [3.8, 4) is 0 Å². The minimum absolute atomic E-state index is 0.886. The molecule has 126 valence electrons. The van der Waals surface area contributed by atoms with Crippen molar-refractivity contribution in [1.29, 1.82) is 0 Å². The van der Waals surface area contributed by atoms with Gasteiger partial charge in [0.05, 0.1) is 0 Å². The maximum atomic E-state index is 3.46. The molecule has 0 aromatic carbocycles. The number of rotatable bonds is 6. The van der Waals surface area contributed by atoms with Gasteiger partial charge in [0.1, 0.15) is 0 Å². The molecular formula is C19H40N2. The van der Waals surface area contributed by atoms with Gasteiger partial charge < -0.3 is 10.2 Å². The van der Waals surface area contributed by atoms with Crippen LogP contribution in [0, 0.1) is 17.8 Å². The normalized spacial score (nSPS) is 22.1. The molecule has 2 aliphatic heterocycles. The Kier molecular flexibility index (Phi) is 10.4. The minimum Gasteiger partial charge on any atom is -0.317 e. The average molecular weight is 297 g/mol. The molecule has 0 aliphatic carbocycles. The van der Waals surface area contributed by atoms with Gasteiger partial charge in [-0.1, -0.05) is 27.7 Å². The molecule has 0 unspecified atom stereocenters. The summed E-state index contributed by atoms with van der Waals surface area (Å²) in [5, 5.41) is 3.46. The van der Waals surface area contributed by atoms with Gasteiger partial charge in [0, 0.05) is 0 Å². The summed E-state index contributed by atoms with van der Waals surface area (Å²) in [7, 11) is 0. The number of hydrogen-bond donors (Lipinski definition) is 1. The lowest BCUT2D eigenvalue weighted by atomic mass is 9.88. The van der Waals surface area contributed by atoms with Crippen LogP contribution in [-0.2, 0) is 0 Å². The molecule has 21 heavy (non-hydrogen) atoms. The predicted octanol–water partition coefficient (Wildman–Crippen LogP) is 4.55. The first-order chi connectivity index (χ1) is 10.2. The molecule has 0 bridgehead atoms. The van der Waals surface area contributed by atoms with Crippen LogP contribution < -0.4 is 5.32 Å². The summed E-state index contributed by atoms with van der Waals surface area (Å²) in [6.07, 6.45) is 10.1. The first-order valence-electron chi connectivity index (χ1n) is 9.67. The molecule has 0 amide bonds. The van der Waals surface area contributed by atoms with E-state index in [1.165, 1.54) is 77.7 Å². The molecule has 0 atom stereocenters. The van der Waals surface area contributed by atoms with Crippen molar-refractivity contribution >= 4 is 0 Å². The molecule has 2 heteroatoms. The Balaban J connectivity index is 0.00000106. The Labute approximate surface area is 134 Å². The van der Waals surface area contributed by atoms with Crippen LogP contribution in [0.2, 0.25) is 0 Å². The van der Waals surface area contributed by atoms with Gasteiger partial charge in [-0.2, -0.15) is 0 Å². The van der Waals surface area contributed by atoms with Crippen LogP contribution in [-0.4, -0.2) is 37.6 Å². The highest BCUT2D eigenvalue weighted by molar-refractivity contribution is 4.74. The summed E-state index contributed by atoms with van der Waals surface area (Å²) in [6.45, 7) is 15.3. The van der Waals surface area contributed by atoms with Gasteiger partial charge >= 0.3 is 0 Å². The topological polar surface area (TPSA) is 15.3 Å². The third kappa shape index (κ3) is 8.21. The molecule has 2 fully saturated rings. The second-order valence-corrected chi connectivity index (χ2v) is 7.25. The van der Waals surface area contributed by atoms with Crippen molar-refractivity contribution in [3.63, 3.8) is 0 Å². The van der Waals surface area contributed by atoms with E-state index in [9.17, 15) is 0 Å². The Morgan fingerprint density at radius 3 is 2.14 bits per heavy atom. The molecule has 0 saturated carbocycles. The first kappa shape index (κ1) is 19.0. The summed E-state index contributed by atoms with van der Waals surface area (Å²) in [5.74, 6) is 2.91. The van der Waals surface area contributed by atoms with Crippen LogP contribution in [0.15, 0.2) is 0 Å². The van der Waals surface area contributed by atoms with Crippen LogP contribution >= 0.6 is 0 Å². The van der Waals surface area contributed by atoms with E-state index in [-0.39, 0.29) is 0 Å². The second-order valence-electron chi connectivity index (χ2n) is 7.25. The standard InChI is InChI=1S/C17H34N2.C2H6/c1-15(2)14-17-7-12-19(13-8-17)11-3-4-16-5-9-18-10-6-16;1-2/h15-18H,3-14H2,1-2H3;1-2H3. The number of nitrogens with zero attached hydrogens (tertiary/aromatic N) is 1. The smallest absolute Gasteiger partial charge is 0.00161 e. The minimum atomic E-state index is 0.886. The highest BCUT2D eigenvalue weighted by Crippen LogP contribution is 2.24. The lowest BCUT2D eigenvalue weighted by Gasteiger charge is -2.33. The van der Waals surface area contributed by atoms with Crippen LogP contribution in [0.3, 0.4) is 0 Å². The van der Waals surface area contributed by atoms with E-state index in [1.54, 1.807) is 0 Å². The molecule has 2 rings (SSSR count). The number of likely N-dealkylation sites (tertiary alicyclic amines) is 1. The Hall–Kier alpha value is -0.0800. The van der Waals surface area contributed by atoms with E-state index >= 15 is 0 Å². The zero-order chi connectivity index (χ0) is 15.5. The van der Waals surface area contributed by atoms with Gasteiger partial charge in [0.25, 0.3) is 0 Å². The van der Waals surface area contributed by atoms with Crippen LogP contribution in [0.4, 0.5) is 0 Å². The van der Waals surface area contributed by atoms with E-state index in [0.717, 1.165) is 17.8 Å². The van der Waals surface area contributed by atoms with E-state index in [2.05, 4.69) is 24.1 Å². The molecule has 2 heterocycles. The molecule has 1 N–H and O–H groups in total. The number of piperidine rings is 2. The maximum absolute atomic E-state index is 3.46. The summed E-state index contributed by atoms with van der Waals surface area (Å²) in [5.41, 5.74) is 0. The van der Waals surface area contributed by atoms with Gasteiger partial charge in [-0.3, -0.25) is 0 Å². The van der Waals surface area contributed by atoms with E-state index in [0.29, 0.717) is 0 Å². The van der Waals surface area contributed by atoms with Crippen molar-refractivity contribution in [2.75, 3.05) is 32.7 Å². The molecular weight excluding hydrogens is 256 g/mol. The monoisotopic (exact) mass is 296 g/mol. The third-order valence-electron chi connectivity index (χ3n) is 5.06. The van der Waals surface area contributed by atoms with Crippen molar-refractivity contribution in [2.24, 2.45) is 17.8 Å². The molecule has 0 radical (unpaired) electrons.